The van der Waals surface area contributed by atoms with E-state index in [0.717, 1.165) is 0 Å². The molecule has 1 saturated heterocycles. The summed E-state index contributed by atoms with van der Waals surface area (Å²) in [5.74, 6) is -1.51. The van der Waals surface area contributed by atoms with Gasteiger partial charge in [0.05, 0.1) is 4.08 Å². The van der Waals surface area contributed by atoms with E-state index in [-0.39, 0.29) is 4.08 Å². The molecule has 74 valence electrons. The van der Waals surface area contributed by atoms with Gasteiger partial charge in [-0.3, -0.25) is 9.59 Å². The molecule has 2 atom stereocenters. The molecule has 13 heavy (non-hydrogen) atoms. The fourth-order valence-corrected chi connectivity index (χ4v) is 4.27. The maximum absolute atomic E-state index is 10.9. The van der Waals surface area contributed by atoms with Gasteiger partial charge in [-0.25, -0.2) is 0 Å². The number of rotatable bonds is 2. The lowest BCUT2D eigenvalue weighted by Crippen LogP contribution is -2.36. The summed E-state index contributed by atoms with van der Waals surface area (Å²) >= 11 is 2.59. The molecule has 1 rings (SSSR count). The second kappa shape index (κ2) is 3.42. The monoisotopic (exact) mass is 221 g/mol. The average molecular weight is 221 g/mol. The SMILES string of the molecule is CC1(C)SC(C(N)=O)C(C(=O)O)S1. The topological polar surface area (TPSA) is 80.4 Å². The van der Waals surface area contributed by atoms with Crippen molar-refractivity contribution in [3.63, 3.8) is 0 Å². The van der Waals surface area contributed by atoms with E-state index in [1.54, 1.807) is 0 Å². The normalized spacial score (nSPS) is 31.5. The quantitative estimate of drug-likeness (QED) is 0.710. The molecule has 1 aliphatic heterocycles. The van der Waals surface area contributed by atoms with Gasteiger partial charge in [-0.2, -0.15) is 0 Å². The molecule has 1 heterocycles. The Morgan fingerprint density at radius 2 is 1.77 bits per heavy atom. The highest BCUT2D eigenvalue weighted by atomic mass is 32.2. The van der Waals surface area contributed by atoms with Gasteiger partial charge in [0.2, 0.25) is 5.91 Å². The zero-order chi connectivity index (χ0) is 10.2. The third-order valence-electron chi connectivity index (χ3n) is 1.62. The van der Waals surface area contributed by atoms with Gasteiger partial charge in [-0.1, -0.05) is 0 Å². The van der Waals surface area contributed by atoms with Crippen LogP contribution in [0.4, 0.5) is 0 Å². The highest BCUT2D eigenvalue weighted by Gasteiger charge is 2.47. The molecule has 6 heteroatoms. The number of nitrogens with two attached hydrogens (primary N) is 1. The van der Waals surface area contributed by atoms with Crippen LogP contribution in [0.3, 0.4) is 0 Å². The van der Waals surface area contributed by atoms with Crippen LogP contribution in [0.1, 0.15) is 13.8 Å². The summed E-state index contributed by atoms with van der Waals surface area (Å²) in [6.07, 6.45) is 0. The largest absolute Gasteiger partial charge is 0.480 e. The first-order valence-corrected chi connectivity index (χ1v) is 5.47. The van der Waals surface area contributed by atoms with Gasteiger partial charge in [0, 0.05) is 0 Å². The minimum absolute atomic E-state index is 0.247. The second-order valence-corrected chi connectivity index (χ2v) is 7.00. The molecule has 0 radical (unpaired) electrons. The summed E-state index contributed by atoms with van der Waals surface area (Å²) in [6.45, 7) is 3.78. The van der Waals surface area contributed by atoms with Crippen molar-refractivity contribution in [2.75, 3.05) is 0 Å². The number of carboxylic acid groups (broad SMARTS) is 1. The van der Waals surface area contributed by atoms with Crippen molar-refractivity contribution in [1.29, 1.82) is 0 Å². The molecule has 0 spiro atoms. The Bertz CT molecular complexity index is 230. The van der Waals surface area contributed by atoms with Crippen molar-refractivity contribution in [2.45, 2.75) is 28.4 Å². The number of hydrogen-bond acceptors (Lipinski definition) is 4. The van der Waals surface area contributed by atoms with E-state index in [2.05, 4.69) is 0 Å². The minimum Gasteiger partial charge on any atom is -0.480 e. The molecule has 0 bridgehead atoms. The predicted octanol–water partition coefficient (Wildman–Crippen LogP) is 0.510. The zero-order valence-corrected chi connectivity index (χ0v) is 8.95. The molecule has 4 nitrogen and oxygen atoms in total. The van der Waals surface area contributed by atoms with Crippen LogP contribution >= 0.6 is 23.5 Å². The van der Waals surface area contributed by atoms with Crippen LogP contribution in [0.5, 0.6) is 0 Å². The van der Waals surface area contributed by atoms with Crippen molar-refractivity contribution in [3.8, 4) is 0 Å². The fourth-order valence-electron chi connectivity index (χ4n) is 1.15. The second-order valence-electron chi connectivity index (χ2n) is 3.22. The van der Waals surface area contributed by atoms with Crippen molar-refractivity contribution in [3.05, 3.63) is 0 Å². The molecule has 0 saturated carbocycles. The van der Waals surface area contributed by atoms with Gasteiger partial charge in [-0.15, -0.1) is 23.5 Å². The molecule has 0 aromatic rings. The molecule has 0 aromatic heterocycles. The lowest BCUT2D eigenvalue weighted by Gasteiger charge is -2.13. The minimum atomic E-state index is -0.966. The van der Waals surface area contributed by atoms with Gasteiger partial charge in [0.15, 0.2) is 0 Å². The van der Waals surface area contributed by atoms with E-state index < -0.39 is 22.4 Å². The van der Waals surface area contributed by atoms with Crippen LogP contribution in [0, 0.1) is 0 Å². The van der Waals surface area contributed by atoms with Crippen LogP contribution in [0.15, 0.2) is 0 Å². The Hall–Kier alpha value is -0.360. The van der Waals surface area contributed by atoms with E-state index in [0.29, 0.717) is 0 Å². The first-order chi connectivity index (χ1) is 5.83. The molecule has 1 fully saturated rings. The Morgan fingerprint density at radius 3 is 2.08 bits per heavy atom. The molecule has 1 aliphatic rings. The Labute approximate surface area is 84.6 Å². The summed E-state index contributed by atoms with van der Waals surface area (Å²) < 4.78 is -0.247. The predicted molar refractivity (Wildman–Crippen MR) is 53.7 cm³/mol. The summed E-state index contributed by atoms with van der Waals surface area (Å²) in [6, 6.07) is 0. The number of carboxylic acids is 1. The summed E-state index contributed by atoms with van der Waals surface area (Å²) in [7, 11) is 0. The molecule has 0 aliphatic carbocycles. The fraction of sp³-hybridized carbons (Fsp3) is 0.714. The molecular formula is C7H11NO3S2. The van der Waals surface area contributed by atoms with Crippen LogP contribution in [0.2, 0.25) is 0 Å². The number of thioether (sulfide) groups is 2. The maximum Gasteiger partial charge on any atom is 0.318 e. The van der Waals surface area contributed by atoms with Crippen molar-refractivity contribution in [1.82, 2.24) is 0 Å². The lowest BCUT2D eigenvalue weighted by molar-refractivity contribution is -0.137. The number of amides is 1. The van der Waals surface area contributed by atoms with E-state index in [9.17, 15) is 9.59 Å². The Kier molecular flexibility index (Phi) is 2.82. The van der Waals surface area contributed by atoms with E-state index in [4.69, 9.17) is 10.8 Å². The number of aliphatic carboxylic acids is 1. The van der Waals surface area contributed by atoms with Crippen LogP contribution in [-0.2, 0) is 9.59 Å². The molecule has 1 amide bonds. The summed E-state index contributed by atoms with van der Waals surface area (Å²) in [5.41, 5.74) is 5.11. The Morgan fingerprint density at radius 1 is 1.31 bits per heavy atom. The van der Waals surface area contributed by atoms with Crippen LogP contribution in [-0.4, -0.2) is 31.6 Å². The van der Waals surface area contributed by atoms with Gasteiger partial charge >= 0.3 is 5.97 Å². The van der Waals surface area contributed by atoms with Crippen LogP contribution < -0.4 is 5.73 Å². The third-order valence-corrected chi connectivity index (χ3v) is 4.99. The van der Waals surface area contributed by atoms with E-state index in [1.807, 2.05) is 13.8 Å². The van der Waals surface area contributed by atoms with Gasteiger partial charge in [0.25, 0.3) is 0 Å². The van der Waals surface area contributed by atoms with Gasteiger partial charge < -0.3 is 10.8 Å². The van der Waals surface area contributed by atoms with E-state index >= 15 is 0 Å². The Balaban J connectivity index is 2.83. The van der Waals surface area contributed by atoms with Crippen molar-refractivity contribution >= 4 is 35.4 Å². The third kappa shape index (κ3) is 2.31. The molecule has 3 N–H and O–H groups in total. The summed E-state index contributed by atoms with van der Waals surface area (Å²) in [4.78, 5) is 21.7. The maximum atomic E-state index is 10.9. The first kappa shape index (κ1) is 10.7. The first-order valence-electron chi connectivity index (χ1n) is 3.71. The van der Waals surface area contributed by atoms with Crippen molar-refractivity contribution < 1.29 is 14.7 Å². The standard InChI is InChI=1S/C7H11NO3S2/c1-7(2)12-3(5(8)9)4(13-7)6(10)11/h3-4H,1-2H3,(H2,8,9)(H,10,11). The molecule has 0 aromatic carbocycles. The zero-order valence-electron chi connectivity index (χ0n) is 7.31. The molecular weight excluding hydrogens is 210 g/mol. The number of primary amides is 1. The number of carbonyl (C=O) groups is 2. The van der Waals surface area contributed by atoms with Crippen LogP contribution in [0.25, 0.3) is 0 Å². The average Bonchev–Trinajstić information content (AvgIpc) is 2.26. The highest BCUT2D eigenvalue weighted by molar-refractivity contribution is 8.22. The number of hydrogen-bond donors (Lipinski definition) is 2. The van der Waals surface area contributed by atoms with E-state index in [1.165, 1.54) is 23.5 Å². The molecule has 2 unspecified atom stereocenters. The summed E-state index contributed by atoms with van der Waals surface area (Å²) in [5, 5.41) is 7.50. The smallest absolute Gasteiger partial charge is 0.318 e. The number of carbonyl (C=O) groups excluding carboxylic acids is 1. The van der Waals surface area contributed by atoms with Gasteiger partial charge in [0.1, 0.15) is 10.5 Å². The lowest BCUT2D eigenvalue weighted by atomic mass is 10.3. The van der Waals surface area contributed by atoms with Gasteiger partial charge in [-0.05, 0) is 13.8 Å². The highest BCUT2D eigenvalue weighted by Crippen LogP contribution is 2.51. The van der Waals surface area contributed by atoms with Crippen molar-refractivity contribution in [2.24, 2.45) is 5.73 Å².